The molecule has 0 aliphatic carbocycles. The minimum atomic E-state index is -0.0193. The number of ketones is 1. The van der Waals surface area contributed by atoms with Gasteiger partial charge in [0, 0.05) is 36.5 Å². The second-order valence-electron chi connectivity index (χ2n) is 7.95. The SMILES string of the molecule is [C-]#[N+]c1ccccc1Cn1cc(-c2c(-c3ccc4c(c3)C(CN)=NCC4=O)cnn2C)c(Cl)n1. The largest absolute Gasteiger partial charge is 0.325 e. The highest BCUT2D eigenvalue weighted by molar-refractivity contribution is 6.32. The summed E-state index contributed by atoms with van der Waals surface area (Å²) < 4.78 is 3.47. The molecule has 1 aliphatic heterocycles. The molecule has 0 spiro atoms. The molecule has 34 heavy (non-hydrogen) atoms. The van der Waals surface area contributed by atoms with Gasteiger partial charge in [-0.3, -0.25) is 19.2 Å². The van der Waals surface area contributed by atoms with Gasteiger partial charge in [0.2, 0.25) is 0 Å². The highest BCUT2D eigenvalue weighted by Gasteiger charge is 2.23. The summed E-state index contributed by atoms with van der Waals surface area (Å²) in [5, 5.41) is 9.27. The van der Waals surface area contributed by atoms with E-state index in [0.717, 1.165) is 33.5 Å². The van der Waals surface area contributed by atoms with Crippen molar-refractivity contribution in [3.8, 4) is 22.4 Å². The lowest BCUT2D eigenvalue weighted by Gasteiger charge is -2.16. The summed E-state index contributed by atoms with van der Waals surface area (Å²) in [7, 11) is 1.84. The van der Waals surface area contributed by atoms with Crippen LogP contribution in [0.4, 0.5) is 5.69 Å². The summed E-state index contributed by atoms with van der Waals surface area (Å²) in [6.07, 6.45) is 3.63. The Kier molecular flexibility index (Phi) is 5.57. The summed E-state index contributed by atoms with van der Waals surface area (Å²) in [6.45, 7) is 8.20. The second-order valence-corrected chi connectivity index (χ2v) is 8.31. The molecule has 0 amide bonds. The van der Waals surface area contributed by atoms with Crippen molar-refractivity contribution in [1.82, 2.24) is 19.6 Å². The van der Waals surface area contributed by atoms with Crippen molar-refractivity contribution in [2.45, 2.75) is 6.54 Å². The molecule has 0 bridgehead atoms. The van der Waals surface area contributed by atoms with Gasteiger partial charge >= 0.3 is 0 Å². The Balaban J connectivity index is 1.57. The van der Waals surface area contributed by atoms with Crippen LogP contribution in [-0.2, 0) is 13.6 Å². The Morgan fingerprint density at radius 1 is 1.15 bits per heavy atom. The van der Waals surface area contributed by atoms with E-state index in [4.69, 9.17) is 23.9 Å². The van der Waals surface area contributed by atoms with Crippen molar-refractivity contribution in [2.75, 3.05) is 13.1 Å². The maximum absolute atomic E-state index is 12.3. The van der Waals surface area contributed by atoms with Crippen LogP contribution in [0.25, 0.3) is 27.2 Å². The number of carbonyl (C=O) groups is 1. The zero-order valence-electron chi connectivity index (χ0n) is 18.4. The third-order valence-electron chi connectivity index (χ3n) is 5.90. The van der Waals surface area contributed by atoms with Crippen LogP contribution < -0.4 is 5.73 Å². The molecule has 0 fully saturated rings. The van der Waals surface area contributed by atoms with Crippen LogP contribution in [0.1, 0.15) is 21.5 Å². The number of aliphatic imine (C=N–C) groups is 1. The highest BCUT2D eigenvalue weighted by atomic mass is 35.5. The molecule has 168 valence electrons. The number of para-hydroxylation sites is 1. The number of rotatable bonds is 5. The van der Waals surface area contributed by atoms with E-state index in [1.807, 2.05) is 49.6 Å². The average molecular weight is 470 g/mol. The fourth-order valence-electron chi connectivity index (χ4n) is 4.24. The third kappa shape index (κ3) is 3.71. The van der Waals surface area contributed by atoms with Crippen LogP contribution in [0.5, 0.6) is 0 Å². The van der Waals surface area contributed by atoms with Gasteiger partial charge in [-0.15, -0.1) is 0 Å². The Morgan fingerprint density at radius 2 is 1.97 bits per heavy atom. The summed E-state index contributed by atoms with van der Waals surface area (Å²) in [4.78, 5) is 20.2. The predicted molar refractivity (Wildman–Crippen MR) is 131 cm³/mol. The van der Waals surface area contributed by atoms with Gasteiger partial charge in [0.25, 0.3) is 0 Å². The van der Waals surface area contributed by atoms with Crippen molar-refractivity contribution in [1.29, 1.82) is 0 Å². The Bertz CT molecular complexity index is 1510. The zero-order valence-corrected chi connectivity index (χ0v) is 19.1. The molecule has 9 heteroatoms. The predicted octanol–water partition coefficient (Wildman–Crippen LogP) is 4.15. The number of aromatic nitrogens is 4. The number of nitrogens with zero attached hydrogens (tertiary/aromatic N) is 6. The minimum absolute atomic E-state index is 0.0193. The monoisotopic (exact) mass is 469 g/mol. The Labute approximate surface area is 201 Å². The molecule has 2 aromatic heterocycles. The van der Waals surface area contributed by atoms with Crippen LogP contribution in [0.2, 0.25) is 5.15 Å². The molecule has 3 heterocycles. The van der Waals surface area contributed by atoms with Crippen molar-refractivity contribution >= 4 is 28.8 Å². The van der Waals surface area contributed by atoms with Crippen molar-refractivity contribution in [3.63, 3.8) is 0 Å². The number of carbonyl (C=O) groups excluding carboxylic acids is 1. The van der Waals surface area contributed by atoms with Crippen molar-refractivity contribution in [2.24, 2.45) is 17.8 Å². The maximum Gasteiger partial charge on any atom is 0.192 e. The summed E-state index contributed by atoms with van der Waals surface area (Å²) in [5.41, 5.74) is 12.7. The number of benzene rings is 2. The van der Waals surface area contributed by atoms with Crippen molar-refractivity contribution in [3.05, 3.63) is 88.1 Å². The van der Waals surface area contributed by atoms with Gasteiger partial charge < -0.3 is 5.73 Å². The molecule has 0 saturated carbocycles. The van der Waals surface area contributed by atoms with Crippen LogP contribution >= 0.6 is 11.6 Å². The van der Waals surface area contributed by atoms with Gasteiger partial charge in [-0.25, -0.2) is 4.85 Å². The first-order valence-electron chi connectivity index (χ1n) is 10.6. The minimum Gasteiger partial charge on any atom is -0.325 e. The number of hydrogen-bond acceptors (Lipinski definition) is 5. The molecule has 0 saturated heterocycles. The Hall–Kier alpha value is -4.06. The molecule has 1 aliphatic rings. The lowest BCUT2D eigenvalue weighted by molar-refractivity contribution is 0.1000. The van der Waals surface area contributed by atoms with E-state index in [-0.39, 0.29) is 18.9 Å². The molecule has 5 rings (SSSR count). The maximum atomic E-state index is 12.3. The third-order valence-corrected chi connectivity index (χ3v) is 6.18. The van der Waals surface area contributed by atoms with E-state index < -0.39 is 0 Å². The first-order valence-corrected chi connectivity index (χ1v) is 11.0. The van der Waals surface area contributed by atoms with E-state index >= 15 is 0 Å². The normalized spacial score (nSPS) is 12.9. The van der Waals surface area contributed by atoms with Gasteiger partial charge in [-0.05, 0) is 17.2 Å². The van der Waals surface area contributed by atoms with Crippen LogP contribution in [-0.4, -0.2) is 44.1 Å². The second kappa shape index (κ2) is 8.71. The first kappa shape index (κ1) is 21.8. The molecule has 2 N–H and O–H groups in total. The summed E-state index contributed by atoms with van der Waals surface area (Å²) in [6, 6.07) is 13.1. The molecular formula is C25H20ClN7O. The van der Waals surface area contributed by atoms with E-state index in [1.54, 1.807) is 21.6 Å². The van der Waals surface area contributed by atoms with Gasteiger partial charge in [0.15, 0.2) is 16.6 Å². The van der Waals surface area contributed by atoms with Crippen LogP contribution in [0.15, 0.2) is 59.9 Å². The van der Waals surface area contributed by atoms with Gasteiger partial charge in [0.05, 0.1) is 36.3 Å². The average Bonchev–Trinajstić information content (AvgIpc) is 3.40. The summed E-state index contributed by atoms with van der Waals surface area (Å²) in [5.74, 6) is -0.0193. The number of aryl methyl sites for hydroxylation is 1. The lowest BCUT2D eigenvalue weighted by Crippen LogP contribution is -2.24. The quantitative estimate of drug-likeness (QED) is 0.444. The summed E-state index contributed by atoms with van der Waals surface area (Å²) >= 11 is 6.57. The van der Waals surface area contributed by atoms with Gasteiger partial charge in [0.1, 0.15) is 6.54 Å². The van der Waals surface area contributed by atoms with Gasteiger partial charge in [-0.1, -0.05) is 48.0 Å². The molecule has 0 radical (unpaired) electrons. The lowest BCUT2D eigenvalue weighted by atomic mass is 9.92. The standard InChI is InChI=1S/C25H20ClN7O/c1-28-21-6-4-3-5-16(21)13-33-14-20(25(26)31-33)24-19(11-30-32(24)2)15-7-8-17-18(9-15)22(10-27)29-12-23(17)34/h3-9,11,14H,10,12-13,27H2,2H3. The molecule has 4 aromatic rings. The zero-order chi connectivity index (χ0) is 23.8. The molecule has 8 nitrogen and oxygen atoms in total. The molecule has 0 unspecified atom stereocenters. The first-order chi connectivity index (χ1) is 16.5. The fourth-order valence-corrected chi connectivity index (χ4v) is 4.48. The number of fused-ring (bicyclic) bond motifs is 1. The van der Waals surface area contributed by atoms with E-state index in [1.165, 1.54) is 0 Å². The molecule has 0 atom stereocenters. The van der Waals surface area contributed by atoms with Gasteiger partial charge in [-0.2, -0.15) is 10.2 Å². The number of halogens is 1. The van der Waals surface area contributed by atoms with E-state index in [0.29, 0.717) is 28.7 Å². The Morgan fingerprint density at radius 3 is 2.76 bits per heavy atom. The highest BCUT2D eigenvalue weighted by Crippen LogP contribution is 2.36. The topological polar surface area (TPSA) is 95.5 Å². The van der Waals surface area contributed by atoms with Crippen LogP contribution in [0.3, 0.4) is 0 Å². The van der Waals surface area contributed by atoms with Crippen molar-refractivity contribution < 1.29 is 4.79 Å². The smallest absolute Gasteiger partial charge is 0.192 e. The molecular weight excluding hydrogens is 450 g/mol. The van der Waals surface area contributed by atoms with Crippen LogP contribution in [0, 0.1) is 6.57 Å². The fraction of sp³-hybridized carbons (Fsp3) is 0.160. The van der Waals surface area contributed by atoms with E-state index in [2.05, 4.69) is 20.0 Å². The van der Waals surface area contributed by atoms with E-state index in [9.17, 15) is 4.79 Å². The number of nitrogens with two attached hydrogens (primary N) is 1. The molecule has 2 aromatic carbocycles. The number of hydrogen-bond donors (Lipinski definition) is 1. The number of Topliss-reactive ketones (excluding diaryl/α,β-unsaturated/α-hetero) is 1.